The summed E-state index contributed by atoms with van der Waals surface area (Å²) in [4.78, 5) is 11.3. The van der Waals surface area contributed by atoms with E-state index in [0.29, 0.717) is 11.5 Å². The molecule has 2 aromatic rings. The molecule has 1 aliphatic heterocycles. The van der Waals surface area contributed by atoms with Gasteiger partial charge >= 0.3 is 0 Å². The van der Waals surface area contributed by atoms with Crippen molar-refractivity contribution in [1.82, 2.24) is 15.5 Å². The summed E-state index contributed by atoms with van der Waals surface area (Å²) in [7, 11) is 0. The Hall–Kier alpha value is -2.14. The molecule has 0 spiro atoms. The van der Waals surface area contributed by atoms with Gasteiger partial charge in [-0.25, -0.2) is 0 Å². The summed E-state index contributed by atoms with van der Waals surface area (Å²) in [5.74, 6) is 0.0368. The van der Waals surface area contributed by atoms with Crippen LogP contribution in [0.15, 0.2) is 30.5 Å². The highest BCUT2D eigenvalue weighted by molar-refractivity contribution is 5.94. The summed E-state index contributed by atoms with van der Waals surface area (Å²) in [6.45, 7) is 2.04. The number of hydrogen-bond acceptors (Lipinski definition) is 3. The normalized spacial score (nSPS) is 18.9. The zero-order chi connectivity index (χ0) is 13.9. The Labute approximate surface area is 117 Å². The number of aromatic amines is 1. The van der Waals surface area contributed by atoms with Crippen LogP contribution in [0.3, 0.4) is 0 Å². The summed E-state index contributed by atoms with van der Waals surface area (Å²) in [5.41, 5.74) is 9.05. The van der Waals surface area contributed by atoms with Gasteiger partial charge in [0.2, 0.25) is 5.91 Å². The third-order valence-electron chi connectivity index (χ3n) is 3.83. The molecular formula is C15H18N4O. The van der Waals surface area contributed by atoms with Crippen molar-refractivity contribution in [2.75, 3.05) is 13.1 Å². The third kappa shape index (κ3) is 2.44. The minimum absolute atomic E-state index is 0.406. The molecule has 1 fully saturated rings. The largest absolute Gasteiger partial charge is 0.366 e. The fourth-order valence-electron chi connectivity index (χ4n) is 2.78. The molecule has 1 aromatic heterocycles. The highest BCUT2D eigenvalue weighted by Gasteiger charge is 2.20. The molecule has 1 aromatic carbocycles. The summed E-state index contributed by atoms with van der Waals surface area (Å²) >= 11 is 0. The van der Waals surface area contributed by atoms with Gasteiger partial charge in [0.15, 0.2) is 0 Å². The molecule has 3 rings (SSSR count). The Balaban J connectivity index is 1.96. The van der Waals surface area contributed by atoms with Crippen molar-refractivity contribution in [3.63, 3.8) is 0 Å². The molecule has 0 radical (unpaired) electrons. The monoisotopic (exact) mass is 270 g/mol. The van der Waals surface area contributed by atoms with Crippen molar-refractivity contribution in [2.45, 2.75) is 18.8 Å². The number of nitrogens with one attached hydrogen (secondary N) is 2. The predicted octanol–water partition coefficient (Wildman–Crippen LogP) is 1.64. The zero-order valence-corrected chi connectivity index (χ0v) is 11.2. The second kappa shape index (κ2) is 5.46. The highest BCUT2D eigenvalue weighted by atomic mass is 16.1. The minimum atomic E-state index is -0.406. The summed E-state index contributed by atoms with van der Waals surface area (Å²) in [5, 5.41) is 10.7. The van der Waals surface area contributed by atoms with Crippen LogP contribution < -0.4 is 11.1 Å². The Morgan fingerprint density at radius 3 is 3.05 bits per heavy atom. The van der Waals surface area contributed by atoms with Crippen molar-refractivity contribution in [3.8, 4) is 11.1 Å². The topological polar surface area (TPSA) is 83.8 Å². The van der Waals surface area contributed by atoms with E-state index in [-0.39, 0.29) is 0 Å². The number of H-pyrrole nitrogens is 1. The molecule has 4 N–H and O–H groups in total. The van der Waals surface area contributed by atoms with Crippen LogP contribution in [0.1, 0.15) is 34.8 Å². The summed E-state index contributed by atoms with van der Waals surface area (Å²) < 4.78 is 0. The molecule has 5 heteroatoms. The van der Waals surface area contributed by atoms with Crippen molar-refractivity contribution in [2.24, 2.45) is 5.73 Å². The van der Waals surface area contributed by atoms with Gasteiger partial charge in [-0.1, -0.05) is 12.1 Å². The number of amides is 1. The number of benzene rings is 1. The first-order chi connectivity index (χ1) is 9.75. The van der Waals surface area contributed by atoms with Gasteiger partial charge in [0, 0.05) is 29.3 Å². The lowest BCUT2D eigenvalue weighted by Gasteiger charge is -2.22. The van der Waals surface area contributed by atoms with Crippen LogP contribution in [-0.4, -0.2) is 29.2 Å². The van der Waals surface area contributed by atoms with Crippen molar-refractivity contribution < 1.29 is 4.79 Å². The Morgan fingerprint density at radius 1 is 1.40 bits per heavy atom. The maximum absolute atomic E-state index is 11.3. The lowest BCUT2D eigenvalue weighted by Crippen LogP contribution is -2.28. The predicted molar refractivity (Wildman–Crippen MR) is 77.4 cm³/mol. The number of carbonyl (C=O) groups is 1. The summed E-state index contributed by atoms with van der Waals surface area (Å²) in [6, 6.07) is 7.39. The molecule has 1 aliphatic rings. The van der Waals surface area contributed by atoms with Crippen LogP contribution >= 0.6 is 0 Å². The summed E-state index contributed by atoms with van der Waals surface area (Å²) in [6.07, 6.45) is 4.15. The third-order valence-corrected chi connectivity index (χ3v) is 3.83. The minimum Gasteiger partial charge on any atom is -0.366 e. The molecule has 0 saturated carbocycles. The molecule has 1 unspecified atom stereocenters. The SMILES string of the molecule is NC(=O)c1cccc(-c2cn[nH]c2C2CCCNC2)c1. The number of nitrogens with zero attached hydrogens (tertiary/aromatic N) is 1. The number of nitrogens with two attached hydrogens (primary N) is 1. The van der Waals surface area contributed by atoms with Crippen LogP contribution in [0.4, 0.5) is 0 Å². The van der Waals surface area contributed by atoms with E-state index in [1.807, 2.05) is 24.4 Å². The van der Waals surface area contributed by atoms with E-state index in [9.17, 15) is 4.79 Å². The Morgan fingerprint density at radius 2 is 2.30 bits per heavy atom. The van der Waals surface area contributed by atoms with Gasteiger partial charge in [-0.2, -0.15) is 5.10 Å². The molecule has 0 aliphatic carbocycles. The van der Waals surface area contributed by atoms with E-state index in [4.69, 9.17) is 5.73 Å². The molecule has 20 heavy (non-hydrogen) atoms. The number of carbonyl (C=O) groups excluding carboxylic acids is 1. The fraction of sp³-hybridized carbons (Fsp3) is 0.333. The molecule has 5 nitrogen and oxygen atoms in total. The lowest BCUT2D eigenvalue weighted by molar-refractivity contribution is 0.100. The number of piperidine rings is 1. The van der Waals surface area contributed by atoms with Gasteiger partial charge in [-0.05, 0) is 37.1 Å². The van der Waals surface area contributed by atoms with Crippen molar-refractivity contribution >= 4 is 5.91 Å². The van der Waals surface area contributed by atoms with Gasteiger partial charge in [0.1, 0.15) is 0 Å². The van der Waals surface area contributed by atoms with Crippen molar-refractivity contribution in [3.05, 3.63) is 41.7 Å². The second-order valence-corrected chi connectivity index (χ2v) is 5.19. The molecule has 0 bridgehead atoms. The lowest BCUT2D eigenvalue weighted by atomic mass is 9.91. The Kier molecular flexibility index (Phi) is 3.52. The zero-order valence-electron chi connectivity index (χ0n) is 11.2. The molecule has 1 saturated heterocycles. The maximum Gasteiger partial charge on any atom is 0.248 e. The first kappa shape index (κ1) is 12.9. The smallest absolute Gasteiger partial charge is 0.248 e. The number of aromatic nitrogens is 2. The number of primary amides is 1. The van der Waals surface area contributed by atoms with Gasteiger partial charge < -0.3 is 11.1 Å². The van der Waals surface area contributed by atoms with Crippen LogP contribution in [0.25, 0.3) is 11.1 Å². The van der Waals surface area contributed by atoms with E-state index < -0.39 is 5.91 Å². The average Bonchev–Trinajstić information content (AvgIpc) is 2.98. The van der Waals surface area contributed by atoms with Crippen LogP contribution in [0.5, 0.6) is 0 Å². The standard InChI is InChI=1S/C15H18N4O/c16-15(20)11-4-1-3-10(7-11)13-9-18-19-14(13)12-5-2-6-17-8-12/h1,3-4,7,9,12,17H,2,5-6,8H2,(H2,16,20)(H,18,19). The van der Waals surface area contributed by atoms with Gasteiger partial charge in [0.25, 0.3) is 0 Å². The maximum atomic E-state index is 11.3. The quantitative estimate of drug-likeness (QED) is 0.792. The average molecular weight is 270 g/mol. The van der Waals surface area contributed by atoms with E-state index >= 15 is 0 Å². The number of hydrogen-bond donors (Lipinski definition) is 3. The number of rotatable bonds is 3. The molecule has 104 valence electrons. The van der Waals surface area contributed by atoms with E-state index in [2.05, 4.69) is 15.5 Å². The molecule has 1 atom stereocenters. The van der Waals surface area contributed by atoms with E-state index in [1.165, 1.54) is 6.42 Å². The highest BCUT2D eigenvalue weighted by Crippen LogP contribution is 2.31. The second-order valence-electron chi connectivity index (χ2n) is 5.19. The van der Waals surface area contributed by atoms with Crippen molar-refractivity contribution in [1.29, 1.82) is 0 Å². The molecule has 1 amide bonds. The Bertz CT molecular complexity index is 614. The van der Waals surface area contributed by atoms with Crippen LogP contribution in [-0.2, 0) is 0 Å². The molecule has 2 heterocycles. The van der Waals surface area contributed by atoms with E-state index in [0.717, 1.165) is 36.3 Å². The first-order valence-corrected chi connectivity index (χ1v) is 6.90. The van der Waals surface area contributed by atoms with Gasteiger partial charge in [0.05, 0.1) is 6.20 Å². The van der Waals surface area contributed by atoms with Gasteiger partial charge in [-0.3, -0.25) is 9.89 Å². The van der Waals surface area contributed by atoms with E-state index in [1.54, 1.807) is 6.07 Å². The van der Waals surface area contributed by atoms with Gasteiger partial charge in [-0.15, -0.1) is 0 Å². The first-order valence-electron chi connectivity index (χ1n) is 6.90. The fourth-order valence-corrected chi connectivity index (χ4v) is 2.78. The van der Waals surface area contributed by atoms with Crippen LogP contribution in [0, 0.1) is 0 Å². The van der Waals surface area contributed by atoms with Crippen LogP contribution in [0.2, 0.25) is 0 Å². The molecular weight excluding hydrogens is 252 g/mol.